The average Bonchev–Trinajstić information content (AvgIpc) is 2.39. The highest BCUT2D eigenvalue weighted by Crippen LogP contribution is 2.53. The van der Waals surface area contributed by atoms with Gasteiger partial charge in [0.25, 0.3) is 0 Å². The third kappa shape index (κ3) is 2.33. The summed E-state index contributed by atoms with van der Waals surface area (Å²) in [6, 6.07) is 0.876. The molecule has 2 aliphatic carbocycles. The van der Waals surface area contributed by atoms with E-state index in [2.05, 4.69) is 10.2 Å². The van der Waals surface area contributed by atoms with Gasteiger partial charge in [0.15, 0.2) is 0 Å². The van der Waals surface area contributed by atoms with Crippen LogP contribution in [0.5, 0.6) is 0 Å². The lowest BCUT2D eigenvalue weighted by Crippen LogP contribution is -2.60. The van der Waals surface area contributed by atoms with Crippen molar-refractivity contribution in [2.75, 3.05) is 33.3 Å². The van der Waals surface area contributed by atoms with E-state index in [1.165, 1.54) is 44.9 Å². The van der Waals surface area contributed by atoms with Gasteiger partial charge in [-0.3, -0.25) is 4.90 Å². The normalized spacial score (nSPS) is 36.5. The van der Waals surface area contributed by atoms with Crippen molar-refractivity contribution in [2.24, 2.45) is 5.41 Å². The van der Waals surface area contributed by atoms with Crippen LogP contribution in [0.15, 0.2) is 0 Å². The van der Waals surface area contributed by atoms with Gasteiger partial charge in [0.1, 0.15) is 0 Å². The zero-order valence-corrected chi connectivity index (χ0v) is 11.8. The fourth-order valence-electron chi connectivity index (χ4n) is 4.47. The summed E-state index contributed by atoms with van der Waals surface area (Å²) in [7, 11) is 2.02. The molecule has 1 aliphatic heterocycles. The molecule has 3 rings (SSSR count). The van der Waals surface area contributed by atoms with Gasteiger partial charge in [-0.25, -0.2) is 0 Å². The number of nitrogens with zero attached hydrogens (tertiary/aromatic N) is 1. The summed E-state index contributed by atoms with van der Waals surface area (Å²) in [6.07, 6.45) is 10.7. The molecule has 1 saturated heterocycles. The molecule has 3 aliphatic rings. The lowest BCUT2D eigenvalue weighted by atomic mass is 9.57. The molecule has 18 heavy (non-hydrogen) atoms. The Hall–Kier alpha value is -0.120. The largest absolute Gasteiger partial charge is 0.374 e. The summed E-state index contributed by atoms with van der Waals surface area (Å²) in [6.45, 7) is 4.23. The first-order valence-electron chi connectivity index (χ1n) is 7.84. The molecule has 0 aromatic carbocycles. The predicted octanol–water partition coefficient (Wildman–Crippen LogP) is 2.02. The molecule has 0 aromatic heterocycles. The van der Waals surface area contributed by atoms with Crippen molar-refractivity contribution in [3.63, 3.8) is 0 Å². The Balaban J connectivity index is 1.60. The maximum absolute atomic E-state index is 5.84. The van der Waals surface area contributed by atoms with E-state index in [9.17, 15) is 0 Å². The molecule has 3 fully saturated rings. The maximum atomic E-state index is 5.84. The number of morpholine rings is 1. The van der Waals surface area contributed by atoms with Crippen molar-refractivity contribution in [1.82, 2.24) is 10.2 Å². The standard InChI is InChI=1S/C15H28N2O/c1-16-11-13-12-17(9-10-18-13)14-5-8-15(14)6-3-2-4-7-15/h13-14,16H,2-12H2,1H3. The van der Waals surface area contributed by atoms with Crippen molar-refractivity contribution in [1.29, 1.82) is 0 Å². The van der Waals surface area contributed by atoms with Gasteiger partial charge in [0.05, 0.1) is 12.7 Å². The summed E-state index contributed by atoms with van der Waals surface area (Å²) < 4.78 is 5.84. The molecule has 0 bridgehead atoms. The van der Waals surface area contributed by atoms with Gasteiger partial charge in [0, 0.05) is 25.7 Å². The lowest BCUT2D eigenvalue weighted by molar-refractivity contribution is -0.110. The Morgan fingerprint density at radius 2 is 2.06 bits per heavy atom. The van der Waals surface area contributed by atoms with Crippen LogP contribution in [-0.4, -0.2) is 50.3 Å². The molecule has 1 N–H and O–H groups in total. The molecule has 0 radical (unpaired) electrons. The Bertz CT molecular complexity index is 274. The van der Waals surface area contributed by atoms with Gasteiger partial charge >= 0.3 is 0 Å². The summed E-state index contributed by atoms with van der Waals surface area (Å²) in [5.74, 6) is 0. The van der Waals surface area contributed by atoms with Gasteiger partial charge in [-0.2, -0.15) is 0 Å². The summed E-state index contributed by atoms with van der Waals surface area (Å²) in [5.41, 5.74) is 0.708. The predicted molar refractivity (Wildman–Crippen MR) is 73.8 cm³/mol. The molecule has 0 aromatic rings. The van der Waals surface area contributed by atoms with Crippen LogP contribution in [0.4, 0.5) is 0 Å². The zero-order chi connectivity index (χ0) is 12.4. The first kappa shape index (κ1) is 12.9. The van der Waals surface area contributed by atoms with E-state index in [0.717, 1.165) is 32.3 Å². The molecule has 1 spiro atoms. The first-order valence-corrected chi connectivity index (χ1v) is 7.84. The highest BCUT2D eigenvalue weighted by Gasteiger charge is 2.49. The van der Waals surface area contributed by atoms with Crippen molar-refractivity contribution in [2.45, 2.75) is 57.1 Å². The molecular weight excluding hydrogens is 224 g/mol. The number of likely N-dealkylation sites (N-methyl/N-ethyl adjacent to an activating group) is 1. The highest BCUT2D eigenvalue weighted by atomic mass is 16.5. The molecule has 2 atom stereocenters. The van der Waals surface area contributed by atoms with Crippen molar-refractivity contribution in [3.05, 3.63) is 0 Å². The van der Waals surface area contributed by atoms with Crippen molar-refractivity contribution >= 4 is 0 Å². The molecular formula is C15H28N2O. The Morgan fingerprint density at radius 1 is 1.22 bits per heavy atom. The third-order valence-electron chi connectivity index (χ3n) is 5.51. The minimum atomic E-state index is 0.407. The van der Waals surface area contributed by atoms with Crippen LogP contribution in [0.25, 0.3) is 0 Å². The van der Waals surface area contributed by atoms with Gasteiger partial charge in [0.2, 0.25) is 0 Å². The van der Waals surface area contributed by atoms with Crippen LogP contribution in [0, 0.1) is 5.41 Å². The van der Waals surface area contributed by atoms with Gasteiger partial charge < -0.3 is 10.1 Å². The monoisotopic (exact) mass is 252 g/mol. The molecule has 1 heterocycles. The van der Waals surface area contributed by atoms with Crippen molar-refractivity contribution in [3.8, 4) is 0 Å². The third-order valence-corrected chi connectivity index (χ3v) is 5.51. The highest BCUT2D eigenvalue weighted by molar-refractivity contribution is 5.03. The Morgan fingerprint density at radius 3 is 2.72 bits per heavy atom. The van der Waals surface area contributed by atoms with Crippen LogP contribution < -0.4 is 5.32 Å². The van der Waals surface area contributed by atoms with Crippen molar-refractivity contribution < 1.29 is 4.74 Å². The van der Waals surface area contributed by atoms with Crippen LogP contribution >= 0.6 is 0 Å². The van der Waals surface area contributed by atoms with E-state index >= 15 is 0 Å². The van der Waals surface area contributed by atoms with E-state index < -0.39 is 0 Å². The maximum Gasteiger partial charge on any atom is 0.0826 e. The summed E-state index contributed by atoms with van der Waals surface area (Å²) in [5, 5.41) is 3.25. The van der Waals surface area contributed by atoms with Crippen LogP contribution in [0.3, 0.4) is 0 Å². The fourth-order valence-corrected chi connectivity index (χ4v) is 4.47. The van der Waals surface area contributed by atoms with Crippen LogP contribution in [0.2, 0.25) is 0 Å². The summed E-state index contributed by atoms with van der Waals surface area (Å²) >= 11 is 0. The first-order chi connectivity index (χ1) is 8.84. The quantitative estimate of drug-likeness (QED) is 0.831. The molecule has 3 nitrogen and oxygen atoms in total. The molecule has 2 saturated carbocycles. The Kier molecular flexibility index (Phi) is 3.92. The van der Waals surface area contributed by atoms with Gasteiger partial charge in [-0.05, 0) is 38.1 Å². The van der Waals surface area contributed by atoms with E-state index in [0.29, 0.717) is 11.5 Å². The Labute approximate surface area is 111 Å². The molecule has 2 unspecified atom stereocenters. The lowest BCUT2D eigenvalue weighted by Gasteiger charge is -2.57. The van der Waals surface area contributed by atoms with Gasteiger partial charge in [-0.1, -0.05) is 19.3 Å². The number of hydrogen-bond donors (Lipinski definition) is 1. The SMILES string of the molecule is CNCC1CN(C2CCC23CCCCC3)CCO1. The minimum Gasteiger partial charge on any atom is -0.374 e. The number of nitrogens with one attached hydrogen (secondary N) is 1. The van der Waals surface area contributed by atoms with E-state index in [1.54, 1.807) is 0 Å². The molecule has 3 heteroatoms. The fraction of sp³-hybridized carbons (Fsp3) is 1.00. The average molecular weight is 252 g/mol. The smallest absolute Gasteiger partial charge is 0.0826 e. The number of hydrogen-bond acceptors (Lipinski definition) is 3. The molecule has 0 amide bonds. The minimum absolute atomic E-state index is 0.407. The molecule has 104 valence electrons. The number of ether oxygens (including phenoxy) is 1. The van der Waals surface area contributed by atoms with Crippen LogP contribution in [-0.2, 0) is 4.74 Å². The topological polar surface area (TPSA) is 24.5 Å². The van der Waals surface area contributed by atoms with E-state index in [1.807, 2.05) is 7.05 Å². The van der Waals surface area contributed by atoms with E-state index in [4.69, 9.17) is 4.74 Å². The van der Waals surface area contributed by atoms with Crippen LogP contribution in [0.1, 0.15) is 44.9 Å². The second kappa shape index (κ2) is 5.48. The zero-order valence-electron chi connectivity index (χ0n) is 11.8. The second-order valence-corrected chi connectivity index (χ2v) is 6.52. The second-order valence-electron chi connectivity index (χ2n) is 6.52. The van der Waals surface area contributed by atoms with Gasteiger partial charge in [-0.15, -0.1) is 0 Å². The van der Waals surface area contributed by atoms with E-state index in [-0.39, 0.29) is 0 Å². The number of rotatable bonds is 3. The summed E-state index contributed by atoms with van der Waals surface area (Å²) in [4.78, 5) is 2.75.